The van der Waals surface area contributed by atoms with Crippen molar-refractivity contribution in [3.63, 3.8) is 0 Å². The second-order valence-corrected chi connectivity index (χ2v) is 5.54. The number of rotatable bonds is 9. The summed E-state index contributed by atoms with van der Waals surface area (Å²) in [6.07, 6.45) is 2.69. The van der Waals surface area contributed by atoms with E-state index in [1.165, 1.54) is 0 Å². The fraction of sp³-hybridized carbons (Fsp3) is 0.529. The van der Waals surface area contributed by atoms with E-state index in [4.69, 9.17) is 4.74 Å². The number of hydrogen-bond acceptors (Lipinski definition) is 5. The monoisotopic (exact) mass is 345 g/mol. The highest BCUT2D eigenvalue weighted by Crippen LogP contribution is 1.98. The number of hydrogen-bond donors (Lipinski definition) is 2. The van der Waals surface area contributed by atoms with Crippen LogP contribution in [0, 0.1) is 6.92 Å². The van der Waals surface area contributed by atoms with Gasteiger partial charge in [0, 0.05) is 33.0 Å². The Morgan fingerprint density at radius 1 is 1.28 bits per heavy atom. The normalized spacial score (nSPS) is 11.6. The van der Waals surface area contributed by atoms with Crippen LogP contribution < -0.4 is 10.6 Å². The van der Waals surface area contributed by atoms with Gasteiger partial charge in [0.2, 0.25) is 0 Å². The zero-order valence-corrected chi connectivity index (χ0v) is 15.2. The molecule has 2 aromatic rings. The van der Waals surface area contributed by atoms with Crippen LogP contribution in [-0.2, 0) is 24.9 Å². The molecule has 0 saturated heterocycles. The van der Waals surface area contributed by atoms with Crippen LogP contribution in [0.25, 0.3) is 0 Å². The summed E-state index contributed by atoms with van der Waals surface area (Å²) in [6.45, 7) is 7.25. The van der Waals surface area contributed by atoms with Crippen LogP contribution in [0.5, 0.6) is 0 Å². The Morgan fingerprint density at radius 2 is 2.16 bits per heavy atom. The van der Waals surface area contributed by atoms with E-state index < -0.39 is 0 Å². The van der Waals surface area contributed by atoms with Crippen LogP contribution in [0.3, 0.4) is 0 Å². The standard InChI is InChI=1S/C17H27N7O/c1-4-25-11-7-10-19-17(20-12-15-8-5-6-9-18-15)21-13-16-23-22-14(2)24(16)3/h5-6,8-9H,4,7,10-13H2,1-3H3,(H2,19,20,21). The molecule has 2 N–H and O–H groups in total. The van der Waals surface area contributed by atoms with Gasteiger partial charge >= 0.3 is 0 Å². The average Bonchev–Trinajstić information content (AvgIpc) is 2.96. The molecular formula is C17H27N7O. The quantitative estimate of drug-likeness (QED) is 0.403. The summed E-state index contributed by atoms with van der Waals surface area (Å²) in [6, 6.07) is 5.82. The van der Waals surface area contributed by atoms with Gasteiger partial charge in [-0.05, 0) is 32.4 Å². The van der Waals surface area contributed by atoms with E-state index in [0.29, 0.717) is 13.1 Å². The van der Waals surface area contributed by atoms with Crippen LogP contribution >= 0.6 is 0 Å². The third-order valence-corrected chi connectivity index (χ3v) is 3.68. The maximum atomic E-state index is 5.36. The van der Waals surface area contributed by atoms with Crippen molar-refractivity contribution in [2.75, 3.05) is 19.8 Å². The van der Waals surface area contributed by atoms with Gasteiger partial charge in [0.05, 0.1) is 18.8 Å². The van der Waals surface area contributed by atoms with Crippen LogP contribution in [0.1, 0.15) is 30.7 Å². The van der Waals surface area contributed by atoms with Crippen molar-refractivity contribution in [3.8, 4) is 0 Å². The predicted octanol–water partition coefficient (Wildman–Crippen LogP) is 1.18. The molecule has 8 heteroatoms. The van der Waals surface area contributed by atoms with E-state index in [2.05, 4.69) is 30.8 Å². The molecule has 0 saturated carbocycles. The van der Waals surface area contributed by atoms with Crippen molar-refractivity contribution in [2.45, 2.75) is 33.4 Å². The molecule has 0 atom stereocenters. The molecule has 0 fully saturated rings. The molecule has 0 aromatic carbocycles. The summed E-state index contributed by atoms with van der Waals surface area (Å²) in [5, 5.41) is 14.8. The van der Waals surface area contributed by atoms with Crippen molar-refractivity contribution in [1.29, 1.82) is 0 Å². The number of nitrogens with one attached hydrogen (secondary N) is 2. The van der Waals surface area contributed by atoms with Crippen molar-refractivity contribution in [3.05, 3.63) is 41.7 Å². The van der Waals surface area contributed by atoms with Gasteiger partial charge in [-0.1, -0.05) is 6.07 Å². The van der Waals surface area contributed by atoms with Crippen LogP contribution in [-0.4, -0.2) is 45.5 Å². The van der Waals surface area contributed by atoms with Crippen molar-refractivity contribution < 1.29 is 4.74 Å². The first-order chi connectivity index (χ1) is 12.2. The third-order valence-electron chi connectivity index (χ3n) is 3.68. The second-order valence-electron chi connectivity index (χ2n) is 5.54. The van der Waals surface area contributed by atoms with Crippen LogP contribution in [0.4, 0.5) is 0 Å². The molecule has 2 heterocycles. The topological polar surface area (TPSA) is 89.2 Å². The Balaban J connectivity index is 1.91. The second kappa shape index (κ2) is 10.4. The number of ether oxygens (including phenoxy) is 1. The first kappa shape index (κ1) is 18.9. The maximum Gasteiger partial charge on any atom is 0.192 e. The number of guanidine groups is 1. The fourth-order valence-corrected chi connectivity index (χ4v) is 2.12. The van der Waals surface area contributed by atoms with E-state index in [1.54, 1.807) is 6.20 Å². The lowest BCUT2D eigenvalue weighted by Crippen LogP contribution is -2.38. The first-order valence-corrected chi connectivity index (χ1v) is 8.55. The van der Waals surface area contributed by atoms with Crippen molar-refractivity contribution in [2.24, 2.45) is 12.0 Å². The van der Waals surface area contributed by atoms with Gasteiger partial charge in [-0.15, -0.1) is 10.2 Å². The molecule has 0 spiro atoms. The first-order valence-electron chi connectivity index (χ1n) is 8.55. The minimum absolute atomic E-state index is 0.513. The Hall–Kier alpha value is -2.48. The zero-order chi connectivity index (χ0) is 17.9. The minimum Gasteiger partial charge on any atom is -0.382 e. The molecule has 0 aliphatic rings. The molecule has 2 aromatic heterocycles. The molecule has 0 radical (unpaired) electrons. The zero-order valence-electron chi connectivity index (χ0n) is 15.2. The highest BCUT2D eigenvalue weighted by atomic mass is 16.5. The Kier molecular flexibility index (Phi) is 7.84. The van der Waals surface area contributed by atoms with Gasteiger partial charge in [0.25, 0.3) is 0 Å². The van der Waals surface area contributed by atoms with Gasteiger partial charge in [-0.2, -0.15) is 0 Å². The Bertz CT molecular complexity index is 654. The SMILES string of the molecule is CCOCCCNC(=NCc1ccccn1)NCc1nnc(C)n1C. The molecule has 0 bridgehead atoms. The molecule has 136 valence electrons. The molecule has 0 unspecified atom stereocenters. The van der Waals surface area contributed by atoms with Gasteiger partial charge in [-0.25, -0.2) is 4.99 Å². The van der Waals surface area contributed by atoms with E-state index in [-0.39, 0.29) is 0 Å². The summed E-state index contributed by atoms with van der Waals surface area (Å²) in [5.41, 5.74) is 0.924. The summed E-state index contributed by atoms with van der Waals surface area (Å²) in [7, 11) is 1.95. The molecular weight excluding hydrogens is 318 g/mol. The highest BCUT2D eigenvalue weighted by Gasteiger charge is 2.06. The van der Waals surface area contributed by atoms with Crippen molar-refractivity contribution >= 4 is 5.96 Å². The Labute approximate surface area is 148 Å². The van der Waals surface area contributed by atoms with E-state index in [0.717, 1.165) is 49.5 Å². The van der Waals surface area contributed by atoms with Gasteiger partial charge in [0.15, 0.2) is 11.8 Å². The highest BCUT2D eigenvalue weighted by molar-refractivity contribution is 5.79. The number of aryl methyl sites for hydroxylation is 1. The van der Waals surface area contributed by atoms with E-state index >= 15 is 0 Å². The van der Waals surface area contributed by atoms with Gasteiger partial charge < -0.3 is 19.9 Å². The van der Waals surface area contributed by atoms with Crippen LogP contribution in [0.15, 0.2) is 29.4 Å². The Morgan fingerprint density at radius 3 is 2.84 bits per heavy atom. The summed E-state index contributed by atoms with van der Waals surface area (Å²) >= 11 is 0. The van der Waals surface area contributed by atoms with E-state index in [1.807, 2.05) is 43.7 Å². The smallest absolute Gasteiger partial charge is 0.192 e. The lowest BCUT2D eigenvalue weighted by molar-refractivity contribution is 0.145. The fourth-order valence-electron chi connectivity index (χ4n) is 2.12. The maximum absolute atomic E-state index is 5.36. The number of aliphatic imine (C=N–C) groups is 1. The number of aromatic nitrogens is 4. The number of pyridine rings is 1. The summed E-state index contributed by atoms with van der Waals surface area (Å²) in [4.78, 5) is 8.90. The molecule has 8 nitrogen and oxygen atoms in total. The van der Waals surface area contributed by atoms with Crippen LogP contribution in [0.2, 0.25) is 0 Å². The molecule has 2 rings (SSSR count). The summed E-state index contributed by atoms with van der Waals surface area (Å²) < 4.78 is 7.32. The lowest BCUT2D eigenvalue weighted by Gasteiger charge is -2.12. The average molecular weight is 345 g/mol. The molecule has 25 heavy (non-hydrogen) atoms. The van der Waals surface area contributed by atoms with Crippen molar-refractivity contribution in [1.82, 2.24) is 30.4 Å². The molecule has 0 amide bonds. The molecule has 0 aliphatic carbocycles. The largest absolute Gasteiger partial charge is 0.382 e. The minimum atomic E-state index is 0.513. The third kappa shape index (κ3) is 6.50. The summed E-state index contributed by atoms with van der Waals surface area (Å²) in [5.74, 6) is 2.47. The van der Waals surface area contributed by atoms with Gasteiger partial charge in [-0.3, -0.25) is 4.98 Å². The molecule has 0 aliphatic heterocycles. The predicted molar refractivity (Wildman–Crippen MR) is 97.1 cm³/mol. The number of nitrogens with zero attached hydrogens (tertiary/aromatic N) is 5. The van der Waals surface area contributed by atoms with Gasteiger partial charge in [0.1, 0.15) is 5.82 Å². The lowest BCUT2D eigenvalue weighted by atomic mass is 10.3. The van der Waals surface area contributed by atoms with E-state index in [9.17, 15) is 0 Å².